The largest absolute Gasteiger partial charge is 0.493 e. The first-order valence-corrected chi connectivity index (χ1v) is 12.4. The van der Waals surface area contributed by atoms with Crippen LogP contribution in [0.15, 0.2) is 48.8 Å². The number of unbranched alkanes of at least 4 members (excludes halogenated alkanes) is 5. The van der Waals surface area contributed by atoms with E-state index in [-0.39, 0.29) is 12.4 Å². The number of halogens is 1. The number of ether oxygens (including phenoxy) is 1. The van der Waals surface area contributed by atoms with E-state index in [1.807, 2.05) is 0 Å². The summed E-state index contributed by atoms with van der Waals surface area (Å²) in [5, 5.41) is 0. The molecule has 0 bridgehead atoms. The first-order chi connectivity index (χ1) is 15.2. The fraction of sp³-hybridized carbons (Fsp3) is 0.536. The van der Waals surface area contributed by atoms with E-state index < -0.39 is 0 Å². The molecule has 1 heterocycles. The normalized spacial score (nSPS) is 11.0. The van der Waals surface area contributed by atoms with Gasteiger partial charge in [0.25, 0.3) is 0 Å². The molecule has 0 N–H and O–H groups in total. The molecule has 0 aliphatic heterocycles. The molecule has 0 saturated heterocycles. The van der Waals surface area contributed by atoms with Crippen molar-refractivity contribution < 1.29 is 9.30 Å². The number of imidazole rings is 1. The van der Waals surface area contributed by atoms with Gasteiger partial charge in [0.1, 0.15) is 5.75 Å². The standard InChI is InChI=1S/C28H41N2O.ClH/c1-4-6-8-14-24-18-19-28(25(22-24)15-9-7-5-2)31-21-13-12-20-30-23-29(3)26-16-10-11-17-27(26)30;/h10-11,16-19,22-23H,4-9,12-15,20-21H2,1-3H3;1H/q+1;. The maximum absolute atomic E-state index is 6.26. The summed E-state index contributed by atoms with van der Waals surface area (Å²) in [6.07, 6.45) is 14.4. The molecular weight excluding hydrogens is 416 g/mol. The molecule has 1 aromatic heterocycles. The molecule has 4 heteroatoms. The number of aryl methyl sites for hydroxylation is 4. The van der Waals surface area contributed by atoms with Crippen LogP contribution >= 0.6 is 12.4 Å². The zero-order valence-corrected chi connectivity index (χ0v) is 21.1. The second-order valence-electron chi connectivity index (χ2n) is 8.82. The lowest BCUT2D eigenvalue weighted by Crippen LogP contribution is -2.25. The Morgan fingerprint density at radius 1 is 0.844 bits per heavy atom. The fourth-order valence-electron chi connectivity index (χ4n) is 4.35. The summed E-state index contributed by atoms with van der Waals surface area (Å²) in [7, 11) is 2.12. The molecule has 0 saturated carbocycles. The molecule has 176 valence electrons. The highest BCUT2D eigenvalue weighted by Gasteiger charge is 2.12. The lowest BCUT2D eigenvalue weighted by Gasteiger charge is -2.13. The van der Waals surface area contributed by atoms with Crippen molar-refractivity contribution in [1.82, 2.24) is 4.57 Å². The minimum atomic E-state index is 0. The van der Waals surface area contributed by atoms with Crippen LogP contribution in [0, 0.1) is 0 Å². The van der Waals surface area contributed by atoms with Crippen molar-refractivity contribution in [2.75, 3.05) is 6.61 Å². The van der Waals surface area contributed by atoms with Gasteiger partial charge in [-0.25, -0.2) is 9.13 Å². The molecule has 0 aliphatic carbocycles. The summed E-state index contributed by atoms with van der Waals surface area (Å²) < 4.78 is 10.8. The minimum Gasteiger partial charge on any atom is -0.493 e. The van der Waals surface area contributed by atoms with Crippen molar-refractivity contribution in [2.45, 2.75) is 84.6 Å². The highest BCUT2D eigenvalue weighted by Crippen LogP contribution is 2.24. The van der Waals surface area contributed by atoms with Gasteiger partial charge in [-0.3, -0.25) is 0 Å². The van der Waals surface area contributed by atoms with Gasteiger partial charge in [0, 0.05) is 0 Å². The van der Waals surface area contributed by atoms with E-state index in [0.717, 1.165) is 38.2 Å². The molecule has 32 heavy (non-hydrogen) atoms. The van der Waals surface area contributed by atoms with Crippen LogP contribution in [0.5, 0.6) is 5.75 Å². The Morgan fingerprint density at radius 2 is 1.59 bits per heavy atom. The second-order valence-corrected chi connectivity index (χ2v) is 8.82. The lowest BCUT2D eigenvalue weighted by molar-refractivity contribution is -0.645. The van der Waals surface area contributed by atoms with Crippen molar-refractivity contribution in [3.05, 3.63) is 59.9 Å². The Balaban J connectivity index is 0.00000363. The number of fused-ring (bicyclic) bond motifs is 1. The number of hydrogen-bond acceptors (Lipinski definition) is 1. The lowest BCUT2D eigenvalue weighted by atomic mass is 10.00. The molecule has 3 nitrogen and oxygen atoms in total. The smallest absolute Gasteiger partial charge is 0.244 e. The van der Waals surface area contributed by atoms with E-state index in [0.29, 0.717) is 0 Å². The van der Waals surface area contributed by atoms with Crippen LogP contribution in [0.1, 0.15) is 76.3 Å². The van der Waals surface area contributed by atoms with Crippen LogP contribution in [0.2, 0.25) is 0 Å². The van der Waals surface area contributed by atoms with E-state index in [4.69, 9.17) is 4.74 Å². The number of benzene rings is 2. The van der Waals surface area contributed by atoms with Gasteiger partial charge >= 0.3 is 0 Å². The SMILES string of the molecule is CCCCCc1ccc(OCCCCn2c[n+](C)c3ccccc32)c(CCCCC)c1.Cl. The maximum Gasteiger partial charge on any atom is 0.244 e. The van der Waals surface area contributed by atoms with Gasteiger partial charge in [-0.1, -0.05) is 63.8 Å². The molecule has 0 atom stereocenters. The van der Waals surface area contributed by atoms with Crippen molar-refractivity contribution >= 4 is 23.4 Å². The molecule has 3 rings (SSSR count). The topological polar surface area (TPSA) is 18.0 Å². The summed E-state index contributed by atoms with van der Waals surface area (Å²) in [6.45, 7) is 6.37. The van der Waals surface area contributed by atoms with Gasteiger partial charge in [-0.2, -0.15) is 0 Å². The number of aromatic nitrogens is 2. The van der Waals surface area contributed by atoms with Crippen molar-refractivity contribution in [2.24, 2.45) is 7.05 Å². The first kappa shape index (κ1) is 26.3. The zero-order chi connectivity index (χ0) is 21.9. The molecule has 0 fully saturated rings. The van der Waals surface area contributed by atoms with Gasteiger partial charge in [0.2, 0.25) is 6.33 Å². The minimum absolute atomic E-state index is 0. The monoisotopic (exact) mass is 457 g/mol. The molecule has 0 unspecified atom stereocenters. The quantitative estimate of drug-likeness (QED) is 0.184. The highest BCUT2D eigenvalue weighted by molar-refractivity contribution is 5.85. The van der Waals surface area contributed by atoms with E-state index >= 15 is 0 Å². The van der Waals surface area contributed by atoms with Crippen LogP contribution in [0.25, 0.3) is 11.0 Å². The molecule has 0 amide bonds. The Kier molecular flexibility index (Phi) is 11.7. The third kappa shape index (κ3) is 7.55. The Labute approximate surface area is 201 Å². The molecule has 0 radical (unpaired) electrons. The van der Waals surface area contributed by atoms with E-state index in [2.05, 4.69) is 78.8 Å². The van der Waals surface area contributed by atoms with Crippen molar-refractivity contribution in [3.8, 4) is 5.75 Å². The van der Waals surface area contributed by atoms with E-state index in [1.54, 1.807) is 0 Å². The Morgan fingerprint density at radius 3 is 2.38 bits per heavy atom. The number of para-hydroxylation sites is 2. The van der Waals surface area contributed by atoms with Crippen LogP contribution in [0.3, 0.4) is 0 Å². The first-order valence-electron chi connectivity index (χ1n) is 12.4. The summed E-state index contributed by atoms with van der Waals surface area (Å²) in [4.78, 5) is 0. The molecule has 0 spiro atoms. The summed E-state index contributed by atoms with van der Waals surface area (Å²) >= 11 is 0. The molecular formula is C28H42ClN2O+. The van der Waals surface area contributed by atoms with Crippen LogP contribution < -0.4 is 9.30 Å². The van der Waals surface area contributed by atoms with E-state index in [1.165, 1.54) is 67.1 Å². The van der Waals surface area contributed by atoms with Crippen molar-refractivity contribution in [3.63, 3.8) is 0 Å². The average molecular weight is 458 g/mol. The fourth-order valence-corrected chi connectivity index (χ4v) is 4.35. The zero-order valence-electron chi connectivity index (χ0n) is 20.3. The molecule has 0 aliphatic rings. The van der Waals surface area contributed by atoms with Crippen LogP contribution in [-0.2, 0) is 26.4 Å². The van der Waals surface area contributed by atoms with Gasteiger partial charge in [0.05, 0.1) is 20.2 Å². The highest BCUT2D eigenvalue weighted by atomic mass is 35.5. The van der Waals surface area contributed by atoms with Crippen LogP contribution in [0.4, 0.5) is 0 Å². The van der Waals surface area contributed by atoms with Crippen molar-refractivity contribution in [1.29, 1.82) is 0 Å². The van der Waals surface area contributed by atoms with E-state index in [9.17, 15) is 0 Å². The average Bonchev–Trinajstić information content (AvgIpc) is 3.11. The second kappa shape index (κ2) is 14.2. The van der Waals surface area contributed by atoms with Gasteiger partial charge in [0.15, 0.2) is 11.0 Å². The predicted molar refractivity (Wildman–Crippen MR) is 138 cm³/mol. The number of hydrogen-bond donors (Lipinski definition) is 0. The number of rotatable bonds is 14. The number of nitrogens with zero attached hydrogens (tertiary/aromatic N) is 2. The summed E-state index contributed by atoms with van der Waals surface area (Å²) in [5.41, 5.74) is 5.47. The third-order valence-electron chi connectivity index (χ3n) is 6.18. The Bertz CT molecular complexity index is 934. The molecule has 3 aromatic rings. The summed E-state index contributed by atoms with van der Waals surface area (Å²) in [6, 6.07) is 15.5. The predicted octanol–water partition coefficient (Wildman–Crippen LogP) is 7.21. The third-order valence-corrected chi connectivity index (χ3v) is 6.18. The van der Waals surface area contributed by atoms with Gasteiger partial charge < -0.3 is 4.74 Å². The van der Waals surface area contributed by atoms with Gasteiger partial charge in [-0.15, -0.1) is 12.4 Å². The Hall–Kier alpha value is -2.00. The molecule has 2 aromatic carbocycles. The van der Waals surface area contributed by atoms with Crippen LogP contribution in [-0.4, -0.2) is 11.2 Å². The maximum atomic E-state index is 6.26. The van der Waals surface area contributed by atoms with Gasteiger partial charge in [-0.05, 0) is 67.9 Å². The summed E-state index contributed by atoms with van der Waals surface area (Å²) in [5.74, 6) is 1.10.